The van der Waals surface area contributed by atoms with Gasteiger partial charge in [-0.15, -0.1) is 0 Å². The molecule has 35 heavy (non-hydrogen) atoms. The Morgan fingerprint density at radius 1 is 1.14 bits per heavy atom. The van der Waals surface area contributed by atoms with Crippen LogP contribution in [0.3, 0.4) is 0 Å². The number of hydrogen-bond donors (Lipinski definition) is 1. The van der Waals surface area contributed by atoms with Crippen LogP contribution in [0.5, 0.6) is 0 Å². The van der Waals surface area contributed by atoms with Crippen LogP contribution in [0.15, 0.2) is 66.0 Å². The number of benzene rings is 2. The summed E-state index contributed by atoms with van der Waals surface area (Å²) < 4.78 is 28.4. The first-order valence-corrected chi connectivity index (χ1v) is 13.1. The molecule has 3 atom stereocenters. The molecule has 7 nitrogen and oxygen atoms in total. The van der Waals surface area contributed by atoms with Gasteiger partial charge in [0.05, 0.1) is 21.2 Å². The number of carbonyl (C=O) groups excluding carboxylic acids is 1. The summed E-state index contributed by atoms with van der Waals surface area (Å²) in [7, 11) is -1.25. The molecule has 2 saturated heterocycles. The number of nitrogens with zero attached hydrogens (tertiary/aromatic N) is 4. The van der Waals surface area contributed by atoms with Gasteiger partial charge in [0, 0.05) is 66.1 Å². The van der Waals surface area contributed by atoms with Gasteiger partial charge in [-0.3, -0.25) is 13.6 Å². The standard InChI is InChI=1S/C26H24FN5O2S/c1-35(34)24-15-32(26-29-11-18(12-30-26)19-4-2-3-5-21(19)27)23-10-16(6-7-20(23)24)25(33)31-13-17-8-9-28-22(17)14-31/h2-7,10-12,15,17,22,28H,8-9,13-14H2,1H3/t17-,22+,35?/m1/s1. The number of likely N-dealkylation sites (tertiary alicyclic amines) is 1. The summed E-state index contributed by atoms with van der Waals surface area (Å²) in [6, 6.07) is 12.3. The molecule has 2 fully saturated rings. The highest BCUT2D eigenvalue weighted by Crippen LogP contribution is 2.30. The third-order valence-corrected chi connectivity index (χ3v) is 7.96. The van der Waals surface area contributed by atoms with E-state index in [-0.39, 0.29) is 11.7 Å². The van der Waals surface area contributed by atoms with E-state index >= 15 is 0 Å². The topological polar surface area (TPSA) is 80.1 Å². The highest BCUT2D eigenvalue weighted by Gasteiger charge is 2.38. The molecule has 178 valence electrons. The second-order valence-electron chi connectivity index (χ2n) is 9.12. The van der Waals surface area contributed by atoms with Crippen molar-refractivity contribution >= 4 is 27.6 Å². The predicted octanol–water partition coefficient (Wildman–Crippen LogP) is 3.40. The third-order valence-electron chi connectivity index (χ3n) is 7.01. The minimum Gasteiger partial charge on any atom is -0.337 e. The number of amides is 1. The molecule has 1 N–H and O–H groups in total. The van der Waals surface area contributed by atoms with E-state index in [0.717, 1.165) is 24.9 Å². The van der Waals surface area contributed by atoms with Crippen molar-refractivity contribution in [1.29, 1.82) is 0 Å². The normalized spacial score (nSPS) is 20.3. The maximum atomic E-state index is 14.2. The Kier molecular flexibility index (Phi) is 5.46. The Morgan fingerprint density at radius 3 is 2.69 bits per heavy atom. The fourth-order valence-electron chi connectivity index (χ4n) is 5.20. The molecule has 9 heteroatoms. The van der Waals surface area contributed by atoms with Gasteiger partial charge in [0.15, 0.2) is 0 Å². The van der Waals surface area contributed by atoms with E-state index in [1.165, 1.54) is 6.07 Å². The zero-order valence-electron chi connectivity index (χ0n) is 19.1. The molecular formula is C26H24FN5O2S. The van der Waals surface area contributed by atoms with Crippen molar-refractivity contribution in [3.63, 3.8) is 0 Å². The molecule has 2 aromatic heterocycles. The van der Waals surface area contributed by atoms with Gasteiger partial charge in [-0.1, -0.05) is 24.3 Å². The summed E-state index contributed by atoms with van der Waals surface area (Å²) in [4.78, 5) is 24.8. The van der Waals surface area contributed by atoms with Crippen LogP contribution in [-0.2, 0) is 10.8 Å². The number of carbonyl (C=O) groups is 1. The molecule has 0 saturated carbocycles. The second-order valence-corrected chi connectivity index (χ2v) is 10.5. The van der Waals surface area contributed by atoms with E-state index in [4.69, 9.17) is 0 Å². The molecule has 4 aromatic rings. The lowest BCUT2D eigenvalue weighted by Crippen LogP contribution is -2.33. The van der Waals surface area contributed by atoms with Crippen LogP contribution in [0.4, 0.5) is 4.39 Å². The molecule has 0 aliphatic carbocycles. The fourth-order valence-corrected chi connectivity index (χ4v) is 5.94. The Labute approximate surface area is 204 Å². The first-order valence-electron chi connectivity index (χ1n) is 11.6. The third kappa shape index (κ3) is 3.84. The lowest BCUT2D eigenvalue weighted by molar-refractivity contribution is 0.0782. The molecule has 1 amide bonds. The molecule has 0 bridgehead atoms. The molecule has 6 rings (SSSR count). The lowest BCUT2D eigenvalue weighted by Gasteiger charge is -2.17. The van der Waals surface area contributed by atoms with E-state index in [9.17, 15) is 13.4 Å². The minimum absolute atomic E-state index is 0.00848. The average molecular weight is 490 g/mol. The van der Waals surface area contributed by atoms with E-state index < -0.39 is 10.8 Å². The quantitative estimate of drug-likeness (QED) is 0.475. The summed E-state index contributed by atoms with van der Waals surface area (Å²) in [5.41, 5.74) is 2.27. The molecule has 2 aliphatic heterocycles. The summed E-state index contributed by atoms with van der Waals surface area (Å²) in [5.74, 6) is 0.521. The van der Waals surface area contributed by atoms with E-state index in [2.05, 4.69) is 15.3 Å². The van der Waals surface area contributed by atoms with Crippen LogP contribution < -0.4 is 5.32 Å². The van der Waals surface area contributed by atoms with Crippen molar-refractivity contribution in [2.75, 3.05) is 25.9 Å². The van der Waals surface area contributed by atoms with Gasteiger partial charge in [0.1, 0.15) is 5.82 Å². The fraction of sp³-hybridized carbons (Fsp3) is 0.269. The second kappa shape index (κ2) is 8.66. The van der Waals surface area contributed by atoms with Gasteiger partial charge in [-0.2, -0.15) is 0 Å². The Balaban J connectivity index is 1.38. The van der Waals surface area contributed by atoms with Crippen molar-refractivity contribution in [2.24, 2.45) is 5.92 Å². The summed E-state index contributed by atoms with van der Waals surface area (Å²) in [5, 5.41) is 4.26. The van der Waals surface area contributed by atoms with Crippen LogP contribution in [0.1, 0.15) is 16.8 Å². The number of fused-ring (bicyclic) bond motifs is 2. The number of hydrogen-bond acceptors (Lipinski definition) is 5. The van der Waals surface area contributed by atoms with E-state index in [1.54, 1.807) is 53.7 Å². The van der Waals surface area contributed by atoms with Crippen molar-refractivity contribution in [3.05, 3.63) is 72.4 Å². The van der Waals surface area contributed by atoms with Gasteiger partial charge >= 0.3 is 0 Å². The van der Waals surface area contributed by atoms with Crippen LogP contribution in [-0.4, -0.2) is 61.5 Å². The largest absolute Gasteiger partial charge is 0.337 e. The number of aromatic nitrogens is 3. The first kappa shape index (κ1) is 22.1. The molecule has 4 heterocycles. The van der Waals surface area contributed by atoms with Gasteiger partial charge in [-0.05, 0) is 37.1 Å². The Hall–Kier alpha value is -3.43. The highest BCUT2D eigenvalue weighted by atomic mass is 32.2. The van der Waals surface area contributed by atoms with Crippen molar-refractivity contribution < 1.29 is 13.4 Å². The van der Waals surface area contributed by atoms with Gasteiger partial charge in [0.25, 0.3) is 5.91 Å². The average Bonchev–Trinajstić information content (AvgIpc) is 3.57. The van der Waals surface area contributed by atoms with E-state index in [1.807, 2.05) is 17.0 Å². The van der Waals surface area contributed by atoms with Crippen LogP contribution in [0, 0.1) is 11.7 Å². The zero-order chi connectivity index (χ0) is 24.1. The Morgan fingerprint density at radius 2 is 1.94 bits per heavy atom. The summed E-state index contributed by atoms with van der Waals surface area (Å²) >= 11 is 0. The van der Waals surface area contributed by atoms with Crippen LogP contribution in [0.2, 0.25) is 0 Å². The molecule has 0 radical (unpaired) electrons. The molecule has 0 spiro atoms. The highest BCUT2D eigenvalue weighted by molar-refractivity contribution is 7.84. The first-order chi connectivity index (χ1) is 17.0. The molecule has 2 aromatic carbocycles. The molecule has 1 unspecified atom stereocenters. The smallest absolute Gasteiger partial charge is 0.253 e. The molecular weight excluding hydrogens is 465 g/mol. The Bertz CT molecular complexity index is 1460. The zero-order valence-corrected chi connectivity index (χ0v) is 20.0. The minimum atomic E-state index is -1.25. The summed E-state index contributed by atoms with van der Waals surface area (Å²) in [6.45, 7) is 2.50. The lowest BCUT2D eigenvalue weighted by atomic mass is 10.1. The number of rotatable bonds is 4. The van der Waals surface area contributed by atoms with Crippen LogP contribution in [0.25, 0.3) is 28.0 Å². The maximum Gasteiger partial charge on any atom is 0.253 e. The van der Waals surface area contributed by atoms with Crippen molar-refractivity contribution in [1.82, 2.24) is 24.8 Å². The van der Waals surface area contributed by atoms with Gasteiger partial charge < -0.3 is 10.2 Å². The maximum absolute atomic E-state index is 14.2. The number of halogens is 1. The van der Waals surface area contributed by atoms with Gasteiger partial charge in [0.2, 0.25) is 5.95 Å². The predicted molar refractivity (Wildman–Crippen MR) is 132 cm³/mol. The SMILES string of the molecule is CS(=O)c1cn(-c2ncc(-c3ccccc3F)cn2)c2cc(C(=O)N3C[C@H]4CCN[C@H]4C3)ccc12. The van der Waals surface area contributed by atoms with Crippen LogP contribution >= 0.6 is 0 Å². The van der Waals surface area contributed by atoms with Gasteiger partial charge in [-0.25, -0.2) is 14.4 Å². The van der Waals surface area contributed by atoms with E-state index in [0.29, 0.717) is 51.6 Å². The summed E-state index contributed by atoms with van der Waals surface area (Å²) in [6.07, 6.45) is 7.61. The monoisotopic (exact) mass is 489 g/mol. The van der Waals surface area contributed by atoms with Crippen molar-refractivity contribution in [2.45, 2.75) is 17.4 Å². The molecule has 2 aliphatic rings. The number of nitrogens with one attached hydrogen (secondary N) is 1. The van der Waals surface area contributed by atoms with Crippen molar-refractivity contribution in [3.8, 4) is 17.1 Å².